The molecule has 0 spiro atoms. The van der Waals surface area contributed by atoms with Crippen molar-refractivity contribution in [3.63, 3.8) is 0 Å². The lowest BCUT2D eigenvalue weighted by molar-refractivity contribution is 0.140. The average molecular weight is 377 g/mol. The second-order valence-corrected chi connectivity index (χ2v) is 8.28. The Morgan fingerprint density at radius 1 is 1.27 bits per heavy atom. The van der Waals surface area contributed by atoms with Crippen molar-refractivity contribution in [3.8, 4) is 0 Å². The molecule has 0 fully saturated rings. The summed E-state index contributed by atoms with van der Waals surface area (Å²) >= 11 is 16.6. The Bertz CT molecular complexity index is 368. The predicted octanol–water partition coefficient (Wildman–Crippen LogP) is 3.10. The Kier molecular flexibility index (Phi) is 9.66. The Morgan fingerprint density at radius 2 is 1.86 bits per heavy atom. The summed E-state index contributed by atoms with van der Waals surface area (Å²) in [5.74, 6) is 0. The number of hydrogen-bond acceptors (Lipinski definition) is 5. The Labute approximate surface area is 146 Å². The minimum atomic E-state index is -1.66. The zero-order valence-electron chi connectivity index (χ0n) is 13.3. The van der Waals surface area contributed by atoms with E-state index < -0.39 is 16.1 Å². The van der Waals surface area contributed by atoms with Crippen molar-refractivity contribution >= 4 is 46.6 Å². The van der Waals surface area contributed by atoms with Gasteiger partial charge in [-0.15, -0.1) is 0 Å². The van der Waals surface area contributed by atoms with E-state index in [0.717, 1.165) is 0 Å². The summed E-state index contributed by atoms with van der Waals surface area (Å²) in [5, 5.41) is 13.8. The van der Waals surface area contributed by atoms with Crippen LogP contribution in [-0.2, 0) is 9.47 Å². The van der Waals surface area contributed by atoms with E-state index >= 15 is 0 Å². The summed E-state index contributed by atoms with van der Waals surface area (Å²) in [7, 11) is 1.58. The highest BCUT2D eigenvalue weighted by atomic mass is 35.6. The fraction of sp³-hybridized carbons (Fsp3) is 0.846. The van der Waals surface area contributed by atoms with Gasteiger partial charge in [0.25, 0.3) is 0 Å². The maximum atomic E-state index is 11.7. The Balaban J connectivity index is 4.52. The third-order valence-electron chi connectivity index (χ3n) is 2.67. The molecule has 0 radical (unpaired) electrons. The van der Waals surface area contributed by atoms with Gasteiger partial charge in [-0.25, -0.2) is 4.79 Å². The van der Waals surface area contributed by atoms with Gasteiger partial charge in [-0.05, 0) is 5.41 Å². The topological polar surface area (TPSA) is 83.4 Å². The molecule has 0 aliphatic rings. The average Bonchev–Trinajstić information content (AvgIpc) is 2.34. The van der Waals surface area contributed by atoms with Crippen LogP contribution in [0.25, 0.3) is 0 Å². The van der Waals surface area contributed by atoms with Gasteiger partial charge in [0.15, 0.2) is 0 Å². The number of nitrogens with one attached hydrogen (secondary N) is 3. The van der Waals surface area contributed by atoms with E-state index in [9.17, 15) is 4.79 Å². The van der Waals surface area contributed by atoms with Crippen LogP contribution in [0.5, 0.6) is 0 Å². The van der Waals surface area contributed by atoms with E-state index in [2.05, 4.69) is 10.6 Å². The fourth-order valence-corrected chi connectivity index (χ4v) is 1.51. The molecule has 1 amide bonds. The molecule has 0 rings (SSSR count). The number of ether oxygens (including phenoxy) is 2. The van der Waals surface area contributed by atoms with Crippen LogP contribution in [0, 0.1) is 10.8 Å². The number of halogens is 3. The van der Waals surface area contributed by atoms with E-state index in [4.69, 9.17) is 49.7 Å². The maximum Gasteiger partial charge on any atom is 0.408 e. The molecule has 0 saturated heterocycles. The number of amides is 1. The summed E-state index contributed by atoms with van der Waals surface area (Å²) in [4.78, 5) is 11.7. The van der Waals surface area contributed by atoms with Crippen LogP contribution in [0.3, 0.4) is 0 Å². The quantitative estimate of drug-likeness (QED) is 0.263. The summed E-state index contributed by atoms with van der Waals surface area (Å²) in [6, 6.07) is 0. The first kappa shape index (κ1) is 21.7. The molecular weight excluding hydrogens is 353 g/mol. The van der Waals surface area contributed by atoms with Gasteiger partial charge in [-0.1, -0.05) is 55.6 Å². The highest BCUT2D eigenvalue weighted by Crippen LogP contribution is 2.25. The summed E-state index contributed by atoms with van der Waals surface area (Å²) in [5.41, 5.74) is 0.203. The smallest absolute Gasteiger partial charge is 0.408 e. The number of carbonyl (C=O) groups is 1. The van der Waals surface area contributed by atoms with Gasteiger partial charge in [0.2, 0.25) is 3.79 Å². The van der Waals surface area contributed by atoms with E-state index in [0.29, 0.717) is 25.3 Å². The lowest BCUT2D eigenvalue weighted by atomic mass is 9.87. The second-order valence-electron chi connectivity index (χ2n) is 5.77. The van der Waals surface area contributed by atoms with Gasteiger partial charge in [0.1, 0.15) is 6.61 Å². The molecule has 1 unspecified atom stereocenters. The molecule has 0 aromatic rings. The van der Waals surface area contributed by atoms with Crippen LogP contribution in [0.1, 0.15) is 27.2 Å². The summed E-state index contributed by atoms with van der Waals surface area (Å²) in [6.07, 6.45) is -0.858. The molecule has 3 N–H and O–H groups in total. The highest BCUT2D eigenvalue weighted by Gasteiger charge is 2.25. The van der Waals surface area contributed by atoms with Crippen LogP contribution in [-0.4, -0.2) is 48.6 Å². The molecule has 0 aliphatic carbocycles. The third-order valence-corrected chi connectivity index (χ3v) is 3.00. The molecule has 22 heavy (non-hydrogen) atoms. The number of alkyl carbamates (subject to hydrolysis) is 1. The number of rotatable bonds is 8. The van der Waals surface area contributed by atoms with Crippen molar-refractivity contribution in [1.29, 1.82) is 5.41 Å². The second kappa shape index (κ2) is 9.78. The van der Waals surface area contributed by atoms with Crippen molar-refractivity contribution < 1.29 is 14.3 Å². The minimum absolute atomic E-state index is 0.287. The summed E-state index contributed by atoms with van der Waals surface area (Å²) in [6.45, 7) is 6.44. The standard InChI is InChI=1S/C13H24Cl3N3O3/c1-12(2,3)9(17)7-10(18-5-6-21-4)19-11(20)22-8-13(14,15)16/h10,17-18H,5-8H2,1-4H3,(H,19,20). The fourth-order valence-electron chi connectivity index (χ4n) is 1.35. The number of hydrogen-bond donors (Lipinski definition) is 3. The molecule has 9 heteroatoms. The van der Waals surface area contributed by atoms with E-state index in [1.165, 1.54) is 0 Å². The first-order valence-corrected chi connectivity index (χ1v) is 7.89. The van der Waals surface area contributed by atoms with Crippen molar-refractivity contribution in [1.82, 2.24) is 10.6 Å². The minimum Gasteiger partial charge on any atom is -0.445 e. The molecule has 0 heterocycles. The molecule has 0 saturated carbocycles. The SMILES string of the molecule is COCCNC(CC(=N)C(C)(C)C)NC(=O)OCC(Cl)(Cl)Cl. The number of methoxy groups -OCH3 is 1. The van der Waals surface area contributed by atoms with Crippen LogP contribution in [0.4, 0.5) is 4.79 Å². The first-order chi connectivity index (χ1) is 9.95. The number of carbonyl (C=O) groups excluding carboxylic acids is 1. The van der Waals surface area contributed by atoms with Crippen molar-refractivity contribution in [3.05, 3.63) is 0 Å². The van der Waals surface area contributed by atoms with Gasteiger partial charge < -0.3 is 20.2 Å². The van der Waals surface area contributed by atoms with Crippen LogP contribution < -0.4 is 10.6 Å². The molecular formula is C13H24Cl3N3O3. The van der Waals surface area contributed by atoms with Gasteiger partial charge >= 0.3 is 6.09 Å². The van der Waals surface area contributed by atoms with Crippen molar-refractivity contribution in [2.75, 3.05) is 26.9 Å². The zero-order valence-corrected chi connectivity index (χ0v) is 15.5. The highest BCUT2D eigenvalue weighted by molar-refractivity contribution is 6.67. The van der Waals surface area contributed by atoms with E-state index in [-0.39, 0.29) is 12.0 Å². The maximum absolute atomic E-state index is 11.7. The third kappa shape index (κ3) is 11.3. The van der Waals surface area contributed by atoms with Crippen molar-refractivity contribution in [2.24, 2.45) is 5.41 Å². The Morgan fingerprint density at radius 3 is 2.32 bits per heavy atom. The lowest BCUT2D eigenvalue weighted by Gasteiger charge is -2.26. The van der Waals surface area contributed by atoms with Gasteiger partial charge in [0.05, 0.1) is 12.8 Å². The Hall–Kier alpha value is -0.270. The molecule has 0 aliphatic heterocycles. The lowest BCUT2D eigenvalue weighted by Crippen LogP contribution is -2.49. The van der Waals surface area contributed by atoms with Crippen LogP contribution in [0.2, 0.25) is 0 Å². The predicted molar refractivity (Wildman–Crippen MR) is 90.2 cm³/mol. The molecule has 130 valence electrons. The molecule has 0 aromatic heterocycles. The zero-order chi connectivity index (χ0) is 17.4. The van der Waals surface area contributed by atoms with Crippen LogP contribution in [0.15, 0.2) is 0 Å². The van der Waals surface area contributed by atoms with Crippen molar-refractivity contribution in [2.45, 2.75) is 37.2 Å². The molecule has 0 aromatic carbocycles. The van der Waals surface area contributed by atoms with Gasteiger partial charge in [-0.3, -0.25) is 5.32 Å². The largest absolute Gasteiger partial charge is 0.445 e. The molecule has 1 atom stereocenters. The molecule has 6 nitrogen and oxygen atoms in total. The van der Waals surface area contributed by atoms with E-state index in [1.807, 2.05) is 20.8 Å². The van der Waals surface area contributed by atoms with Gasteiger partial charge in [-0.2, -0.15) is 0 Å². The van der Waals surface area contributed by atoms with E-state index in [1.54, 1.807) is 7.11 Å². The van der Waals surface area contributed by atoms with Crippen LogP contribution >= 0.6 is 34.8 Å². The summed E-state index contributed by atoms with van der Waals surface area (Å²) < 4.78 is 8.11. The first-order valence-electron chi connectivity index (χ1n) is 6.76. The monoisotopic (exact) mass is 375 g/mol. The molecule has 0 bridgehead atoms. The normalized spacial score (nSPS) is 13.6. The number of alkyl halides is 3. The van der Waals surface area contributed by atoms with Gasteiger partial charge in [0, 0.05) is 25.8 Å².